The normalized spacial score (nSPS) is 15.2. The maximum absolute atomic E-state index is 12.0. The van der Waals surface area contributed by atoms with E-state index in [9.17, 15) is 14.9 Å². The summed E-state index contributed by atoms with van der Waals surface area (Å²) < 4.78 is 18.0. The number of ether oxygens (including phenoxy) is 3. The number of hydrogen-bond acceptors (Lipinski definition) is 7. The molecule has 2 aromatic carbocycles. The van der Waals surface area contributed by atoms with Crippen molar-refractivity contribution < 1.29 is 23.9 Å². The molecule has 0 atom stereocenters. The number of hydrogen-bond donors (Lipinski definition) is 1. The van der Waals surface area contributed by atoms with Crippen LogP contribution in [0.5, 0.6) is 5.75 Å². The molecule has 1 amide bonds. The van der Waals surface area contributed by atoms with Crippen LogP contribution in [0.2, 0.25) is 0 Å². The lowest BCUT2D eigenvalue weighted by atomic mass is 10.2. The van der Waals surface area contributed by atoms with Gasteiger partial charge in [-0.05, 0) is 74.2 Å². The second-order valence-electron chi connectivity index (χ2n) is 6.83. The highest BCUT2D eigenvalue weighted by molar-refractivity contribution is 9.11. The first-order chi connectivity index (χ1) is 14.8. The number of nitro groups is 1. The number of benzene rings is 2. The summed E-state index contributed by atoms with van der Waals surface area (Å²) in [4.78, 5) is 22.3. The summed E-state index contributed by atoms with van der Waals surface area (Å²) in [5.74, 6) is -0.654. The summed E-state index contributed by atoms with van der Waals surface area (Å²) in [5, 5.41) is 14.7. The molecule has 1 aliphatic rings. The molecule has 1 N–H and O–H groups in total. The van der Waals surface area contributed by atoms with Crippen molar-refractivity contribution in [3.8, 4) is 5.75 Å². The summed E-state index contributed by atoms with van der Waals surface area (Å²) >= 11 is 6.92. The smallest absolute Gasteiger partial charge is 0.269 e. The second kappa shape index (κ2) is 10.3. The number of hydrazone groups is 1. The number of non-ortho nitro benzene ring substituents is 1. The molecule has 0 bridgehead atoms. The largest absolute Gasteiger partial charge is 0.487 e. The van der Waals surface area contributed by atoms with Gasteiger partial charge < -0.3 is 14.2 Å². The topological polar surface area (TPSA) is 112 Å². The van der Waals surface area contributed by atoms with Crippen LogP contribution in [0.3, 0.4) is 0 Å². The van der Waals surface area contributed by atoms with Crippen LogP contribution in [-0.4, -0.2) is 36.0 Å². The number of nitrogens with one attached hydrogen (secondary N) is 1. The highest BCUT2D eigenvalue weighted by Gasteiger charge is 2.33. The number of carbonyl (C=O) groups is 1. The van der Waals surface area contributed by atoms with Crippen molar-refractivity contribution in [2.24, 2.45) is 5.10 Å². The Balaban J connectivity index is 1.57. The van der Waals surface area contributed by atoms with Gasteiger partial charge in [-0.2, -0.15) is 5.10 Å². The van der Waals surface area contributed by atoms with Crippen LogP contribution in [-0.2, 0) is 20.9 Å². The van der Waals surface area contributed by atoms with Crippen molar-refractivity contribution in [1.29, 1.82) is 0 Å². The standard InChI is InChI=1S/C20H19Br2N3O6/c1-20(30-6-7-31-20)10-18(26)24-23-11-14-8-16(21)19(17(22)9-14)29-12-13-2-4-15(5-3-13)25(27)28/h2-5,8-9,11H,6-7,10,12H2,1H3,(H,24,26)/b23-11-. The van der Waals surface area contributed by atoms with E-state index in [1.807, 2.05) is 0 Å². The Kier molecular flexibility index (Phi) is 7.76. The molecule has 1 fully saturated rings. The van der Waals surface area contributed by atoms with Gasteiger partial charge in [0.15, 0.2) is 5.79 Å². The molecule has 1 heterocycles. The third-order valence-corrected chi connectivity index (χ3v) is 5.51. The van der Waals surface area contributed by atoms with Crippen molar-refractivity contribution >= 4 is 49.7 Å². The van der Waals surface area contributed by atoms with Gasteiger partial charge in [0.25, 0.3) is 5.69 Å². The van der Waals surface area contributed by atoms with Gasteiger partial charge in [-0.25, -0.2) is 5.43 Å². The van der Waals surface area contributed by atoms with E-state index in [4.69, 9.17) is 14.2 Å². The monoisotopic (exact) mass is 555 g/mol. The van der Waals surface area contributed by atoms with Crippen molar-refractivity contribution in [3.63, 3.8) is 0 Å². The Bertz CT molecular complexity index is 968. The van der Waals surface area contributed by atoms with Gasteiger partial charge in [0.05, 0.1) is 39.7 Å². The van der Waals surface area contributed by atoms with E-state index in [1.165, 1.54) is 18.3 Å². The zero-order valence-corrected chi connectivity index (χ0v) is 19.6. The molecule has 0 aromatic heterocycles. The zero-order chi connectivity index (χ0) is 22.4. The second-order valence-corrected chi connectivity index (χ2v) is 8.54. The third-order valence-electron chi connectivity index (χ3n) is 4.33. The van der Waals surface area contributed by atoms with Gasteiger partial charge in [-0.15, -0.1) is 0 Å². The number of rotatable bonds is 8. The summed E-state index contributed by atoms with van der Waals surface area (Å²) in [7, 11) is 0. The van der Waals surface area contributed by atoms with Gasteiger partial charge in [0.2, 0.25) is 5.91 Å². The minimum Gasteiger partial charge on any atom is -0.487 e. The van der Waals surface area contributed by atoms with E-state index < -0.39 is 10.7 Å². The molecule has 11 heteroatoms. The number of amides is 1. The predicted octanol–water partition coefficient (Wildman–Crippen LogP) is 4.30. The first kappa shape index (κ1) is 23.3. The Labute approximate surface area is 195 Å². The average molecular weight is 557 g/mol. The third kappa shape index (κ3) is 6.57. The van der Waals surface area contributed by atoms with Crippen molar-refractivity contribution in [2.45, 2.75) is 25.7 Å². The fraction of sp³-hybridized carbons (Fsp3) is 0.300. The molecule has 0 saturated carbocycles. The Morgan fingerprint density at radius 3 is 2.45 bits per heavy atom. The van der Waals surface area contributed by atoms with E-state index in [0.29, 0.717) is 27.9 Å². The van der Waals surface area contributed by atoms with Crippen molar-refractivity contribution in [1.82, 2.24) is 5.43 Å². The first-order valence-electron chi connectivity index (χ1n) is 9.21. The molecular weight excluding hydrogens is 538 g/mol. The molecule has 2 aromatic rings. The van der Waals surface area contributed by atoms with Gasteiger partial charge >= 0.3 is 0 Å². The molecule has 1 saturated heterocycles. The van der Waals surface area contributed by atoms with Crippen LogP contribution in [0.1, 0.15) is 24.5 Å². The van der Waals surface area contributed by atoms with E-state index in [1.54, 1.807) is 31.2 Å². The Morgan fingerprint density at radius 1 is 1.26 bits per heavy atom. The van der Waals surface area contributed by atoms with Crippen molar-refractivity contribution in [2.75, 3.05) is 13.2 Å². The predicted molar refractivity (Wildman–Crippen MR) is 120 cm³/mol. The lowest BCUT2D eigenvalue weighted by molar-refractivity contribution is -0.384. The van der Waals surface area contributed by atoms with Crippen LogP contribution in [0.15, 0.2) is 50.4 Å². The lowest BCUT2D eigenvalue weighted by Gasteiger charge is -2.20. The molecule has 31 heavy (non-hydrogen) atoms. The first-order valence-corrected chi connectivity index (χ1v) is 10.8. The number of carbonyl (C=O) groups excluding carboxylic acids is 1. The average Bonchev–Trinajstić information content (AvgIpc) is 3.13. The maximum Gasteiger partial charge on any atom is 0.269 e. The molecule has 164 valence electrons. The molecular formula is C20H19Br2N3O6. The van der Waals surface area contributed by atoms with E-state index >= 15 is 0 Å². The quantitative estimate of drug-likeness (QED) is 0.295. The van der Waals surface area contributed by atoms with Gasteiger partial charge in [-0.1, -0.05) is 0 Å². The molecule has 0 unspecified atom stereocenters. The van der Waals surface area contributed by atoms with Crippen LogP contribution in [0.25, 0.3) is 0 Å². The van der Waals surface area contributed by atoms with Crippen LogP contribution in [0.4, 0.5) is 5.69 Å². The summed E-state index contributed by atoms with van der Waals surface area (Å²) in [5.41, 5.74) is 4.00. The van der Waals surface area contributed by atoms with Crippen LogP contribution >= 0.6 is 31.9 Å². The number of nitrogens with zero attached hydrogens (tertiary/aromatic N) is 2. The van der Waals surface area contributed by atoms with E-state index in [-0.39, 0.29) is 24.6 Å². The van der Waals surface area contributed by atoms with E-state index in [2.05, 4.69) is 42.4 Å². The van der Waals surface area contributed by atoms with Gasteiger partial charge in [-0.3, -0.25) is 14.9 Å². The minimum atomic E-state index is -0.908. The molecule has 0 radical (unpaired) electrons. The summed E-state index contributed by atoms with van der Waals surface area (Å²) in [6, 6.07) is 9.73. The zero-order valence-electron chi connectivity index (χ0n) is 16.5. The number of halogens is 2. The Hall–Kier alpha value is -2.34. The van der Waals surface area contributed by atoms with E-state index in [0.717, 1.165) is 11.1 Å². The van der Waals surface area contributed by atoms with Crippen LogP contribution in [0, 0.1) is 10.1 Å². The summed E-state index contributed by atoms with van der Waals surface area (Å²) in [6.45, 7) is 2.88. The fourth-order valence-corrected chi connectivity index (χ4v) is 4.28. The van der Waals surface area contributed by atoms with Crippen molar-refractivity contribution in [3.05, 3.63) is 66.6 Å². The SMILES string of the molecule is CC1(CC(=O)N/N=C\c2cc(Br)c(OCc3ccc([N+](=O)[O-])cc3)c(Br)c2)OCCO1. The molecule has 0 aliphatic carbocycles. The van der Waals surface area contributed by atoms with Crippen LogP contribution < -0.4 is 10.2 Å². The Morgan fingerprint density at radius 2 is 1.87 bits per heavy atom. The number of nitro benzene ring substituents is 1. The summed E-state index contributed by atoms with van der Waals surface area (Å²) in [6.07, 6.45) is 1.55. The highest BCUT2D eigenvalue weighted by Crippen LogP contribution is 2.35. The minimum absolute atomic E-state index is 0.0271. The highest BCUT2D eigenvalue weighted by atomic mass is 79.9. The fourth-order valence-electron chi connectivity index (χ4n) is 2.83. The molecule has 3 rings (SSSR count). The molecule has 0 spiro atoms. The molecule has 1 aliphatic heterocycles. The van der Waals surface area contributed by atoms with Gasteiger partial charge in [0, 0.05) is 12.1 Å². The molecule has 9 nitrogen and oxygen atoms in total. The van der Waals surface area contributed by atoms with Gasteiger partial charge in [0.1, 0.15) is 12.4 Å². The lowest BCUT2D eigenvalue weighted by Crippen LogP contribution is -2.33. The maximum atomic E-state index is 12.0.